The maximum atomic E-state index is 12.2. The Morgan fingerprint density at radius 3 is 2.41 bits per heavy atom. The van der Waals surface area contributed by atoms with Gasteiger partial charge in [-0.1, -0.05) is 17.7 Å². The van der Waals surface area contributed by atoms with Crippen LogP contribution in [0.4, 0.5) is 5.69 Å². The third-order valence-electron chi connectivity index (χ3n) is 3.23. The molecule has 0 saturated heterocycles. The molecule has 0 saturated carbocycles. The van der Waals surface area contributed by atoms with E-state index in [1.165, 1.54) is 24.3 Å². The van der Waals surface area contributed by atoms with Crippen LogP contribution in [0.15, 0.2) is 53.4 Å². The van der Waals surface area contributed by atoms with E-state index in [0.717, 1.165) is 0 Å². The molecule has 2 aromatic carbocycles. The van der Waals surface area contributed by atoms with Gasteiger partial charge in [0.25, 0.3) is 5.91 Å². The fraction of sp³-hybridized carbons (Fsp3) is 0.222. The van der Waals surface area contributed by atoms with Crippen LogP contribution in [0.5, 0.6) is 0 Å². The molecule has 0 unspecified atom stereocenters. The first-order valence-corrected chi connectivity index (χ1v) is 9.88. The highest BCUT2D eigenvalue weighted by Crippen LogP contribution is 2.14. The molecule has 144 valence electrons. The largest absolute Gasteiger partial charge is 0.452 e. The highest BCUT2D eigenvalue weighted by atomic mass is 35.5. The smallest absolute Gasteiger partial charge is 0.338 e. The summed E-state index contributed by atoms with van der Waals surface area (Å²) in [4.78, 5) is 23.9. The first-order valence-electron chi connectivity index (χ1n) is 8.02. The number of hydrogen-bond donors (Lipinski definition) is 2. The molecule has 0 atom stereocenters. The lowest BCUT2D eigenvalue weighted by Crippen LogP contribution is -2.30. The lowest BCUT2D eigenvalue weighted by Gasteiger charge is -2.11. The number of anilines is 1. The first kappa shape index (κ1) is 20.9. The van der Waals surface area contributed by atoms with Crippen molar-refractivity contribution in [1.82, 2.24) is 4.72 Å². The summed E-state index contributed by atoms with van der Waals surface area (Å²) >= 11 is 5.76. The van der Waals surface area contributed by atoms with Crippen molar-refractivity contribution in [2.45, 2.75) is 24.8 Å². The van der Waals surface area contributed by atoms with E-state index in [1.807, 2.05) is 0 Å². The molecule has 0 spiro atoms. The molecule has 7 nitrogen and oxygen atoms in total. The molecule has 0 fully saturated rings. The molecule has 2 N–H and O–H groups in total. The number of benzene rings is 2. The highest BCUT2D eigenvalue weighted by Gasteiger charge is 2.18. The van der Waals surface area contributed by atoms with E-state index in [9.17, 15) is 18.0 Å². The molecule has 9 heteroatoms. The summed E-state index contributed by atoms with van der Waals surface area (Å²) in [6.45, 7) is 2.87. The molecular weight excluding hydrogens is 392 g/mol. The maximum absolute atomic E-state index is 12.2. The second-order valence-electron chi connectivity index (χ2n) is 5.94. The average Bonchev–Trinajstić information content (AvgIpc) is 2.61. The monoisotopic (exact) mass is 410 g/mol. The lowest BCUT2D eigenvalue weighted by molar-refractivity contribution is -0.119. The van der Waals surface area contributed by atoms with E-state index in [1.54, 1.807) is 38.1 Å². The van der Waals surface area contributed by atoms with Crippen LogP contribution < -0.4 is 10.0 Å². The number of halogens is 1. The molecular formula is C18H19ClN2O5S. The predicted octanol–water partition coefficient (Wildman–Crippen LogP) is 2.82. The van der Waals surface area contributed by atoms with Crippen molar-refractivity contribution in [2.75, 3.05) is 11.9 Å². The number of esters is 1. The summed E-state index contributed by atoms with van der Waals surface area (Å²) in [5, 5.41) is 3.08. The maximum Gasteiger partial charge on any atom is 0.338 e. The summed E-state index contributed by atoms with van der Waals surface area (Å²) in [5.74, 6) is -1.33. The Kier molecular flexibility index (Phi) is 6.95. The Labute approximate surface area is 162 Å². The van der Waals surface area contributed by atoms with Crippen LogP contribution in [0.1, 0.15) is 24.2 Å². The summed E-state index contributed by atoms with van der Waals surface area (Å²) in [6.07, 6.45) is 0. The van der Waals surface area contributed by atoms with Crippen LogP contribution in [0.3, 0.4) is 0 Å². The number of carbonyl (C=O) groups excluding carboxylic acids is 2. The van der Waals surface area contributed by atoms with Gasteiger partial charge in [0.1, 0.15) is 0 Å². The SMILES string of the molecule is CC(C)NS(=O)(=O)c1cccc(C(=O)OCC(=O)Nc2ccc(Cl)cc2)c1. The second-order valence-corrected chi connectivity index (χ2v) is 8.09. The minimum Gasteiger partial charge on any atom is -0.452 e. The van der Waals surface area contributed by atoms with Gasteiger partial charge in [0.05, 0.1) is 10.5 Å². The van der Waals surface area contributed by atoms with Crippen molar-refractivity contribution < 1.29 is 22.7 Å². The fourth-order valence-electron chi connectivity index (χ4n) is 2.11. The van der Waals surface area contributed by atoms with Gasteiger partial charge in [-0.05, 0) is 56.3 Å². The summed E-state index contributed by atoms with van der Waals surface area (Å²) < 4.78 is 31.7. The molecule has 2 rings (SSSR count). The highest BCUT2D eigenvalue weighted by molar-refractivity contribution is 7.89. The summed E-state index contributed by atoms with van der Waals surface area (Å²) in [6, 6.07) is 11.6. The van der Waals surface area contributed by atoms with Crippen LogP contribution in [-0.2, 0) is 19.6 Å². The minimum atomic E-state index is -3.74. The molecule has 0 aliphatic heterocycles. The van der Waals surface area contributed by atoms with E-state index >= 15 is 0 Å². The van der Waals surface area contributed by atoms with Crippen LogP contribution in [-0.4, -0.2) is 32.9 Å². The van der Waals surface area contributed by atoms with E-state index in [4.69, 9.17) is 16.3 Å². The Balaban J connectivity index is 1.98. The molecule has 27 heavy (non-hydrogen) atoms. The molecule has 0 radical (unpaired) electrons. The van der Waals surface area contributed by atoms with Gasteiger partial charge in [-0.25, -0.2) is 17.9 Å². The van der Waals surface area contributed by atoms with Crippen molar-refractivity contribution >= 4 is 39.2 Å². The Morgan fingerprint density at radius 1 is 1.11 bits per heavy atom. The van der Waals surface area contributed by atoms with Gasteiger partial charge in [0.2, 0.25) is 10.0 Å². The molecule has 0 heterocycles. The average molecular weight is 411 g/mol. The van der Waals surface area contributed by atoms with E-state index < -0.39 is 28.5 Å². The number of amides is 1. The standard InChI is InChI=1S/C18H19ClN2O5S/c1-12(2)21-27(24,25)16-5-3-4-13(10-16)18(23)26-11-17(22)20-15-8-6-14(19)7-9-15/h3-10,12,21H,11H2,1-2H3,(H,20,22). The number of hydrogen-bond acceptors (Lipinski definition) is 5. The van der Waals surface area contributed by atoms with Crippen molar-refractivity contribution in [3.05, 3.63) is 59.1 Å². The number of carbonyl (C=O) groups is 2. The topological polar surface area (TPSA) is 102 Å². The van der Waals surface area contributed by atoms with Crippen molar-refractivity contribution in [3.63, 3.8) is 0 Å². The minimum absolute atomic E-state index is 0.0286. The molecule has 0 aliphatic carbocycles. The zero-order valence-electron chi connectivity index (χ0n) is 14.7. The van der Waals surface area contributed by atoms with E-state index in [-0.39, 0.29) is 16.5 Å². The summed E-state index contributed by atoms with van der Waals surface area (Å²) in [7, 11) is -3.74. The van der Waals surface area contributed by atoms with Crippen LogP contribution in [0.25, 0.3) is 0 Å². The van der Waals surface area contributed by atoms with Gasteiger partial charge in [-0.15, -0.1) is 0 Å². The number of sulfonamides is 1. The Hall–Kier alpha value is -2.42. The van der Waals surface area contributed by atoms with Crippen molar-refractivity contribution in [3.8, 4) is 0 Å². The fourth-order valence-corrected chi connectivity index (χ4v) is 3.54. The third kappa shape index (κ3) is 6.35. The Morgan fingerprint density at radius 2 is 1.78 bits per heavy atom. The van der Waals surface area contributed by atoms with Crippen LogP contribution in [0, 0.1) is 0 Å². The molecule has 0 aliphatic rings. The van der Waals surface area contributed by atoms with Crippen LogP contribution >= 0.6 is 11.6 Å². The zero-order valence-corrected chi connectivity index (χ0v) is 16.3. The lowest BCUT2D eigenvalue weighted by atomic mass is 10.2. The number of nitrogens with one attached hydrogen (secondary N) is 2. The molecule has 0 aromatic heterocycles. The van der Waals surface area contributed by atoms with Crippen molar-refractivity contribution in [1.29, 1.82) is 0 Å². The first-order chi connectivity index (χ1) is 12.7. The van der Waals surface area contributed by atoms with Gasteiger partial charge < -0.3 is 10.1 Å². The van der Waals surface area contributed by atoms with Gasteiger partial charge in [-0.3, -0.25) is 4.79 Å². The zero-order chi connectivity index (χ0) is 20.0. The summed E-state index contributed by atoms with van der Waals surface area (Å²) in [5.41, 5.74) is 0.536. The normalized spacial score (nSPS) is 11.3. The Bertz CT molecular complexity index is 927. The van der Waals surface area contributed by atoms with E-state index in [2.05, 4.69) is 10.0 Å². The second kappa shape index (κ2) is 8.98. The quantitative estimate of drug-likeness (QED) is 0.683. The number of rotatable bonds is 7. The molecule has 2 aromatic rings. The van der Waals surface area contributed by atoms with Gasteiger partial charge in [-0.2, -0.15) is 0 Å². The van der Waals surface area contributed by atoms with Crippen LogP contribution in [0.2, 0.25) is 5.02 Å². The van der Waals surface area contributed by atoms with E-state index in [0.29, 0.717) is 10.7 Å². The van der Waals surface area contributed by atoms with Gasteiger partial charge in [0, 0.05) is 16.8 Å². The predicted molar refractivity (Wildman–Crippen MR) is 102 cm³/mol. The molecule has 1 amide bonds. The van der Waals surface area contributed by atoms with Gasteiger partial charge in [0.15, 0.2) is 6.61 Å². The third-order valence-corrected chi connectivity index (χ3v) is 5.14. The number of ether oxygens (including phenoxy) is 1. The molecule has 0 bridgehead atoms. The van der Waals surface area contributed by atoms with Crippen molar-refractivity contribution in [2.24, 2.45) is 0 Å². The van der Waals surface area contributed by atoms with Gasteiger partial charge >= 0.3 is 5.97 Å².